The van der Waals surface area contributed by atoms with Crippen LogP contribution in [0, 0.1) is 6.92 Å². The van der Waals surface area contributed by atoms with Crippen LogP contribution in [0.2, 0.25) is 0 Å². The van der Waals surface area contributed by atoms with Crippen LogP contribution in [0.3, 0.4) is 0 Å². The van der Waals surface area contributed by atoms with Gasteiger partial charge in [-0.2, -0.15) is 0 Å². The summed E-state index contributed by atoms with van der Waals surface area (Å²) < 4.78 is 3.05. The number of hydrogen-bond donors (Lipinski definition) is 1. The Kier molecular flexibility index (Phi) is 4.66. The molecule has 19 heavy (non-hydrogen) atoms. The molecule has 1 aromatic carbocycles. The van der Waals surface area contributed by atoms with Gasteiger partial charge in [0.2, 0.25) is 0 Å². The highest BCUT2D eigenvalue weighted by Gasteiger charge is 2.10. The molecule has 0 radical (unpaired) electrons. The largest absolute Gasteiger partial charge is 0.481 e. The number of hydrogen-bond acceptors (Lipinski definition) is 3. The minimum Gasteiger partial charge on any atom is -0.481 e. The van der Waals surface area contributed by atoms with Crippen LogP contribution in [0.5, 0.6) is 0 Å². The fourth-order valence-corrected chi connectivity index (χ4v) is 2.88. The maximum absolute atomic E-state index is 10.6. The van der Waals surface area contributed by atoms with Gasteiger partial charge in [0.25, 0.3) is 0 Å². The molecule has 0 unspecified atom stereocenters. The quantitative estimate of drug-likeness (QED) is 0.849. The maximum atomic E-state index is 10.6. The number of thioether (sulfide) groups is 1. The summed E-state index contributed by atoms with van der Waals surface area (Å²) in [5, 5.41) is 9.47. The maximum Gasteiger partial charge on any atom is 0.313 e. The van der Waals surface area contributed by atoms with E-state index in [1.54, 1.807) is 6.20 Å². The number of carboxylic acids is 1. The highest BCUT2D eigenvalue weighted by molar-refractivity contribution is 9.10. The van der Waals surface area contributed by atoms with Crippen molar-refractivity contribution in [1.82, 2.24) is 9.55 Å². The minimum atomic E-state index is -0.834. The third kappa shape index (κ3) is 3.84. The van der Waals surface area contributed by atoms with Gasteiger partial charge in [-0.05, 0) is 24.6 Å². The van der Waals surface area contributed by atoms with Gasteiger partial charge in [-0.1, -0.05) is 39.8 Å². The summed E-state index contributed by atoms with van der Waals surface area (Å²) in [5.41, 5.74) is 2.17. The molecule has 1 N–H and O–H groups in total. The van der Waals surface area contributed by atoms with Crippen LogP contribution in [0.25, 0.3) is 0 Å². The van der Waals surface area contributed by atoms with Crippen LogP contribution in [-0.2, 0) is 11.3 Å². The Morgan fingerprint density at radius 2 is 2.32 bits per heavy atom. The van der Waals surface area contributed by atoms with Gasteiger partial charge < -0.3 is 9.67 Å². The lowest BCUT2D eigenvalue weighted by atomic mass is 10.2. The van der Waals surface area contributed by atoms with Crippen LogP contribution >= 0.6 is 27.7 Å². The smallest absolute Gasteiger partial charge is 0.313 e. The topological polar surface area (TPSA) is 55.1 Å². The molecular weight excluding hydrogens is 328 g/mol. The SMILES string of the molecule is Cc1cnc(SCC(=O)O)n1Cc1cccc(Br)c1. The van der Waals surface area contributed by atoms with Crippen molar-refractivity contribution in [2.75, 3.05) is 5.75 Å². The summed E-state index contributed by atoms with van der Waals surface area (Å²) in [6.45, 7) is 2.66. The van der Waals surface area contributed by atoms with Gasteiger partial charge in [-0.25, -0.2) is 4.98 Å². The summed E-state index contributed by atoms with van der Waals surface area (Å²) in [5.74, 6) is -0.811. The van der Waals surface area contributed by atoms with E-state index in [1.807, 2.05) is 35.8 Å². The molecule has 0 spiro atoms. The molecule has 0 atom stereocenters. The molecule has 1 heterocycles. The summed E-state index contributed by atoms with van der Waals surface area (Å²) in [7, 11) is 0. The van der Waals surface area contributed by atoms with Gasteiger partial charge in [0.1, 0.15) is 0 Å². The van der Waals surface area contributed by atoms with E-state index < -0.39 is 5.97 Å². The minimum absolute atomic E-state index is 0.0228. The van der Waals surface area contributed by atoms with Gasteiger partial charge in [0.05, 0.1) is 5.75 Å². The van der Waals surface area contributed by atoms with Crippen LogP contribution in [0.15, 0.2) is 40.1 Å². The molecule has 0 aliphatic carbocycles. The second-order valence-corrected chi connectivity index (χ2v) is 5.94. The van der Waals surface area contributed by atoms with E-state index >= 15 is 0 Å². The monoisotopic (exact) mass is 340 g/mol. The molecule has 0 amide bonds. The molecule has 1 aromatic heterocycles. The number of aliphatic carboxylic acids is 1. The van der Waals surface area contributed by atoms with Crippen LogP contribution in [0.4, 0.5) is 0 Å². The predicted molar refractivity (Wildman–Crippen MR) is 78.6 cm³/mol. The number of imidazole rings is 1. The second-order valence-electron chi connectivity index (χ2n) is 4.08. The standard InChI is InChI=1S/C13H13BrN2O2S/c1-9-6-15-13(19-8-12(17)18)16(9)7-10-3-2-4-11(14)5-10/h2-6H,7-8H2,1H3,(H,17,18). The number of aryl methyl sites for hydroxylation is 1. The van der Waals surface area contributed by atoms with Crippen molar-refractivity contribution < 1.29 is 9.90 Å². The summed E-state index contributed by atoms with van der Waals surface area (Å²) in [6.07, 6.45) is 1.77. The van der Waals surface area contributed by atoms with Gasteiger partial charge in [-0.15, -0.1) is 0 Å². The fourth-order valence-electron chi connectivity index (χ4n) is 1.69. The van der Waals surface area contributed by atoms with Crippen LogP contribution in [0.1, 0.15) is 11.3 Å². The first-order valence-electron chi connectivity index (χ1n) is 5.67. The predicted octanol–water partition coefficient (Wildman–Crippen LogP) is 3.18. The first kappa shape index (κ1) is 14.1. The van der Waals surface area contributed by atoms with Crippen molar-refractivity contribution in [3.8, 4) is 0 Å². The normalized spacial score (nSPS) is 10.6. The van der Waals surface area contributed by atoms with E-state index in [1.165, 1.54) is 11.8 Å². The Hall–Kier alpha value is -1.27. The zero-order valence-electron chi connectivity index (χ0n) is 10.3. The number of halogens is 1. The number of carboxylic acid groups (broad SMARTS) is 1. The highest BCUT2D eigenvalue weighted by Crippen LogP contribution is 2.20. The number of carbonyl (C=O) groups is 1. The lowest BCUT2D eigenvalue weighted by Crippen LogP contribution is -2.05. The van der Waals surface area contributed by atoms with Gasteiger partial charge in [0, 0.05) is 22.9 Å². The summed E-state index contributed by atoms with van der Waals surface area (Å²) >= 11 is 4.69. The molecule has 0 saturated heterocycles. The molecule has 2 aromatic rings. The lowest BCUT2D eigenvalue weighted by Gasteiger charge is -2.09. The third-order valence-electron chi connectivity index (χ3n) is 2.57. The molecule has 4 nitrogen and oxygen atoms in total. The van der Waals surface area contributed by atoms with E-state index in [0.717, 1.165) is 20.9 Å². The van der Waals surface area contributed by atoms with Crippen molar-refractivity contribution in [1.29, 1.82) is 0 Å². The molecule has 0 fully saturated rings. The Morgan fingerprint density at radius 1 is 1.53 bits per heavy atom. The molecule has 0 saturated carbocycles. The number of benzene rings is 1. The molecule has 6 heteroatoms. The first-order chi connectivity index (χ1) is 9.06. The molecule has 2 rings (SSSR count). The Labute approximate surface area is 124 Å². The van der Waals surface area contributed by atoms with Crippen LogP contribution in [-0.4, -0.2) is 26.4 Å². The first-order valence-corrected chi connectivity index (χ1v) is 7.45. The average Bonchev–Trinajstić information content (AvgIpc) is 2.68. The second kappa shape index (κ2) is 6.25. The van der Waals surface area contributed by atoms with E-state index in [-0.39, 0.29) is 5.75 Å². The lowest BCUT2D eigenvalue weighted by molar-refractivity contribution is -0.133. The van der Waals surface area contributed by atoms with Crippen molar-refractivity contribution >= 4 is 33.7 Å². The van der Waals surface area contributed by atoms with Crippen molar-refractivity contribution in [3.05, 3.63) is 46.2 Å². The van der Waals surface area contributed by atoms with Gasteiger partial charge >= 0.3 is 5.97 Å². The molecule has 0 aliphatic rings. The average molecular weight is 341 g/mol. The number of nitrogens with zero attached hydrogens (tertiary/aromatic N) is 2. The third-order valence-corrected chi connectivity index (χ3v) is 4.04. The summed E-state index contributed by atoms with van der Waals surface area (Å²) in [4.78, 5) is 14.9. The number of rotatable bonds is 5. The van der Waals surface area contributed by atoms with Gasteiger partial charge in [0.15, 0.2) is 5.16 Å². The van der Waals surface area contributed by atoms with E-state index in [2.05, 4.69) is 20.9 Å². The molecule has 100 valence electrons. The van der Waals surface area contributed by atoms with E-state index in [4.69, 9.17) is 5.11 Å². The van der Waals surface area contributed by atoms with E-state index in [9.17, 15) is 4.79 Å². The molecular formula is C13H13BrN2O2S. The van der Waals surface area contributed by atoms with Crippen LogP contribution < -0.4 is 0 Å². The zero-order chi connectivity index (χ0) is 13.8. The van der Waals surface area contributed by atoms with Crippen molar-refractivity contribution in [2.45, 2.75) is 18.6 Å². The molecule has 0 bridgehead atoms. The Bertz CT molecular complexity index is 598. The van der Waals surface area contributed by atoms with Crippen molar-refractivity contribution in [3.63, 3.8) is 0 Å². The Balaban J connectivity index is 2.19. The number of aromatic nitrogens is 2. The Morgan fingerprint density at radius 3 is 3.00 bits per heavy atom. The summed E-state index contributed by atoms with van der Waals surface area (Å²) in [6, 6.07) is 8.04. The van der Waals surface area contributed by atoms with Gasteiger partial charge in [-0.3, -0.25) is 4.79 Å². The fraction of sp³-hybridized carbons (Fsp3) is 0.231. The zero-order valence-corrected chi connectivity index (χ0v) is 12.7. The highest BCUT2D eigenvalue weighted by atomic mass is 79.9. The molecule has 0 aliphatic heterocycles. The van der Waals surface area contributed by atoms with Crippen molar-refractivity contribution in [2.24, 2.45) is 0 Å². The van der Waals surface area contributed by atoms with E-state index in [0.29, 0.717) is 6.54 Å².